The molecular weight excluding hydrogens is 216 g/mol. The van der Waals surface area contributed by atoms with E-state index in [1.807, 2.05) is 0 Å². The summed E-state index contributed by atoms with van der Waals surface area (Å²) in [5.74, 6) is 0.836. The molecule has 0 atom stereocenters. The summed E-state index contributed by atoms with van der Waals surface area (Å²) in [6, 6.07) is 0.936. The lowest BCUT2D eigenvalue weighted by atomic mass is 10.6. The lowest BCUT2D eigenvalue weighted by molar-refractivity contribution is 1.09. The van der Waals surface area contributed by atoms with Crippen molar-refractivity contribution < 1.29 is 0 Å². The summed E-state index contributed by atoms with van der Waals surface area (Å²) in [5, 5.41) is 0. The number of hydrogen-bond donors (Lipinski definition) is 4. The highest BCUT2D eigenvalue weighted by molar-refractivity contribution is 8.68. The van der Waals surface area contributed by atoms with Crippen molar-refractivity contribution >= 4 is 54.4 Å². The molecule has 0 aromatic rings. The maximum absolute atomic E-state index is 4.15. The van der Waals surface area contributed by atoms with Gasteiger partial charge < -0.3 is 0 Å². The molecule has 0 saturated heterocycles. The van der Waals surface area contributed by atoms with Crippen molar-refractivity contribution in [2.45, 2.75) is 26.3 Å². The Bertz CT molecular complexity index is 61.2. The Morgan fingerprint density at radius 1 is 1.10 bits per heavy atom. The zero-order valence-electron chi connectivity index (χ0n) is 6.41. The summed E-state index contributed by atoms with van der Waals surface area (Å²) >= 11 is 16.5. The zero-order valence-corrected chi connectivity index (χ0v) is 11.0. The van der Waals surface area contributed by atoms with Gasteiger partial charge >= 0.3 is 0 Å². The number of rotatable bonds is 2. The van der Waals surface area contributed by atoms with E-state index in [4.69, 9.17) is 0 Å². The Hall–Kier alpha value is 1.62. The molecule has 0 radical (unpaired) electrons. The van der Waals surface area contributed by atoms with Gasteiger partial charge in [0.25, 0.3) is 0 Å². The second-order valence-corrected chi connectivity index (χ2v) is 14.5. The van der Waals surface area contributed by atoms with Crippen molar-refractivity contribution in [3.8, 4) is 0 Å². The van der Waals surface area contributed by atoms with Crippen LogP contribution < -0.4 is 0 Å². The SMILES string of the molecule is CCC.SCC[Si](S)(S)S. The van der Waals surface area contributed by atoms with Crippen LogP contribution in [0.15, 0.2) is 0 Å². The Morgan fingerprint density at radius 3 is 1.40 bits per heavy atom. The van der Waals surface area contributed by atoms with Crippen LogP contribution in [-0.2, 0) is 0 Å². The minimum Gasteiger partial charge on any atom is -0.180 e. The van der Waals surface area contributed by atoms with Gasteiger partial charge in [0.2, 0.25) is 5.52 Å². The lowest BCUT2D eigenvalue weighted by Crippen LogP contribution is -2.09. The monoisotopic (exact) mass is 232 g/mol. The van der Waals surface area contributed by atoms with E-state index in [9.17, 15) is 0 Å². The summed E-state index contributed by atoms with van der Waals surface area (Å²) in [4.78, 5) is 0. The number of hydrogen-bond acceptors (Lipinski definition) is 4. The van der Waals surface area contributed by atoms with Crippen molar-refractivity contribution in [3.05, 3.63) is 0 Å². The molecule has 0 rings (SSSR count). The fourth-order valence-electron chi connectivity index (χ4n) is 0.150. The van der Waals surface area contributed by atoms with E-state index in [1.54, 1.807) is 0 Å². The molecule has 0 heterocycles. The first-order chi connectivity index (χ1) is 4.47. The quantitative estimate of drug-likeness (QED) is 0.408. The third-order valence-corrected chi connectivity index (χ3v) is 4.02. The molecule has 0 aliphatic rings. The summed E-state index contributed by atoms with van der Waals surface area (Å²) in [6.45, 7) is 4.25. The molecule has 0 saturated carbocycles. The van der Waals surface area contributed by atoms with Crippen molar-refractivity contribution in [2.24, 2.45) is 0 Å². The highest BCUT2D eigenvalue weighted by atomic mass is 32.7. The van der Waals surface area contributed by atoms with Crippen LogP contribution in [-0.4, -0.2) is 11.3 Å². The van der Waals surface area contributed by atoms with E-state index in [0.29, 0.717) is 0 Å². The van der Waals surface area contributed by atoms with Gasteiger partial charge in [0.15, 0.2) is 0 Å². The molecule has 0 spiro atoms. The van der Waals surface area contributed by atoms with Gasteiger partial charge in [-0.15, -0.1) is 0 Å². The van der Waals surface area contributed by atoms with E-state index < -0.39 is 5.52 Å². The first-order valence-corrected chi connectivity index (χ1v) is 9.96. The molecule has 0 N–H and O–H groups in total. The molecule has 0 unspecified atom stereocenters. The van der Waals surface area contributed by atoms with Gasteiger partial charge in [-0.2, -0.15) is 48.9 Å². The largest absolute Gasteiger partial charge is 0.229 e. The molecule has 10 heavy (non-hydrogen) atoms. The predicted molar refractivity (Wildman–Crippen MR) is 67.3 cm³/mol. The van der Waals surface area contributed by atoms with E-state index in [2.05, 4.69) is 62.7 Å². The standard InChI is InChI=1S/C3H8.C2H8S4Si/c1-3-2;3-1-2-7(4,5)6/h3H2,1-2H3;3-6H,1-2H2. The normalized spacial score (nSPS) is 10.2. The Labute approximate surface area is 86.1 Å². The van der Waals surface area contributed by atoms with Crippen molar-refractivity contribution in [1.29, 1.82) is 0 Å². The smallest absolute Gasteiger partial charge is 0.180 e. The minimum atomic E-state index is -1.65. The fraction of sp³-hybridized carbons (Fsp3) is 1.00. The van der Waals surface area contributed by atoms with Gasteiger partial charge in [-0.3, -0.25) is 0 Å². The van der Waals surface area contributed by atoms with Crippen LogP contribution in [0, 0.1) is 0 Å². The Kier molecular flexibility index (Phi) is 12.3. The van der Waals surface area contributed by atoms with E-state index in [-0.39, 0.29) is 0 Å². The molecule has 0 fully saturated rings. The Balaban J connectivity index is 0. The maximum atomic E-state index is 4.15. The van der Waals surface area contributed by atoms with Crippen molar-refractivity contribution in [3.63, 3.8) is 0 Å². The molecule has 0 aromatic carbocycles. The molecule has 64 valence electrons. The molecule has 0 aromatic heterocycles. The third kappa shape index (κ3) is 22.6. The van der Waals surface area contributed by atoms with E-state index in [0.717, 1.165) is 11.8 Å². The van der Waals surface area contributed by atoms with Gasteiger partial charge in [0.1, 0.15) is 0 Å². The van der Waals surface area contributed by atoms with Gasteiger partial charge in [0, 0.05) is 0 Å². The van der Waals surface area contributed by atoms with Crippen LogP contribution in [0.5, 0.6) is 0 Å². The van der Waals surface area contributed by atoms with Crippen LogP contribution in [0.4, 0.5) is 0 Å². The van der Waals surface area contributed by atoms with Crippen LogP contribution in [0.1, 0.15) is 20.3 Å². The van der Waals surface area contributed by atoms with Crippen LogP contribution in [0.25, 0.3) is 0 Å². The predicted octanol–water partition coefficient (Wildman–Crippen LogP) is 3.06. The second kappa shape index (κ2) is 8.71. The highest BCUT2D eigenvalue weighted by Gasteiger charge is 2.15. The summed E-state index contributed by atoms with van der Waals surface area (Å²) in [5.41, 5.74) is -1.65. The molecule has 5 heteroatoms. The van der Waals surface area contributed by atoms with E-state index >= 15 is 0 Å². The molecule has 0 nitrogen and oxygen atoms in total. The van der Waals surface area contributed by atoms with E-state index in [1.165, 1.54) is 6.42 Å². The first kappa shape index (κ1) is 14.2. The summed E-state index contributed by atoms with van der Waals surface area (Å²) < 4.78 is 0. The highest BCUT2D eigenvalue weighted by Crippen LogP contribution is 2.22. The average Bonchev–Trinajstić information content (AvgIpc) is 1.63. The Morgan fingerprint density at radius 2 is 1.40 bits per heavy atom. The maximum Gasteiger partial charge on any atom is 0.229 e. The van der Waals surface area contributed by atoms with Crippen LogP contribution in [0.3, 0.4) is 0 Å². The fourth-order valence-corrected chi connectivity index (χ4v) is 4.05. The molecule has 0 aliphatic carbocycles. The molecule has 0 bridgehead atoms. The van der Waals surface area contributed by atoms with Crippen LogP contribution >= 0.6 is 48.9 Å². The average molecular weight is 233 g/mol. The van der Waals surface area contributed by atoms with Gasteiger partial charge in [-0.1, -0.05) is 20.3 Å². The van der Waals surface area contributed by atoms with Crippen molar-refractivity contribution in [1.82, 2.24) is 0 Å². The van der Waals surface area contributed by atoms with Gasteiger partial charge in [-0.25, -0.2) is 0 Å². The van der Waals surface area contributed by atoms with Gasteiger partial charge in [-0.05, 0) is 11.8 Å². The molecule has 0 amide bonds. The summed E-state index contributed by atoms with van der Waals surface area (Å²) in [6.07, 6.45) is 1.25. The minimum absolute atomic E-state index is 0.836. The van der Waals surface area contributed by atoms with Crippen LogP contribution in [0.2, 0.25) is 6.04 Å². The molecular formula is C5H16S4Si. The van der Waals surface area contributed by atoms with Gasteiger partial charge in [0.05, 0.1) is 0 Å². The second-order valence-electron chi connectivity index (χ2n) is 1.96. The summed E-state index contributed by atoms with van der Waals surface area (Å²) in [7, 11) is 0. The molecule has 0 aliphatic heterocycles. The topological polar surface area (TPSA) is 0 Å². The lowest BCUT2D eigenvalue weighted by Gasteiger charge is -2.07. The van der Waals surface area contributed by atoms with Crippen molar-refractivity contribution in [2.75, 3.05) is 5.75 Å². The zero-order chi connectivity index (χ0) is 8.62. The first-order valence-electron chi connectivity index (χ1n) is 3.25. The number of thiol groups is 4. The third-order valence-electron chi connectivity index (χ3n) is 0.447.